The summed E-state index contributed by atoms with van der Waals surface area (Å²) in [5, 5.41) is 3.98. The van der Waals surface area contributed by atoms with Gasteiger partial charge in [-0.15, -0.1) is 0 Å². The standard InChI is InChI=1S/C30H33N3OS/c1-23(2)22-31-27(34)20-12-13-21-35-30-32-28(24-14-6-3-7-15-24)29(25-16-8-4-9-17-25)33(30)26-18-10-5-11-19-26/h3-11,14-19,23H,12-13,20-22H2,1-2H3,(H,31,34). The van der Waals surface area contributed by atoms with E-state index in [0.29, 0.717) is 12.3 Å². The maximum atomic E-state index is 12.0. The SMILES string of the molecule is CC(C)CNC(=O)CCCCSc1nc(-c2ccccc2)c(-c2ccccc2)n1-c1ccccc1. The number of imidazole rings is 1. The first-order valence-corrected chi connectivity index (χ1v) is 13.3. The van der Waals surface area contributed by atoms with Gasteiger partial charge < -0.3 is 5.32 Å². The number of thioether (sulfide) groups is 1. The molecule has 0 spiro atoms. The van der Waals surface area contributed by atoms with Crippen LogP contribution in [0.2, 0.25) is 0 Å². The molecule has 180 valence electrons. The zero-order valence-electron chi connectivity index (χ0n) is 20.5. The van der Waals surface area contributed by atoms with E-state index < -0.39 is 0 Å². The molecule has 0 aliphatic carbocycles. The Morgan fingerprint density at radius 2 is 1.46 bits per heavy atom. The number of hydrogen-bond acceptors (Lipinski definition) is 3. The van der Waals surface area contributed by atoms with Crippen LogP contribution in [0.4, 0.5) is 0 Å². The van der Waals surface area contributed by atoms with Crippen LogP contribution in [0.15, 0.2) is 96.2 Å². The van der Waals surface area contributed by atoms with E-state index in [1.165, 1.54) is 0 Å². The fourth-order valence-corrected chi connectivity index (χ4v) is 4.94. The lowest BCUT2D eigenvalue weighted by atomic mass is 10.0. The van der Waals surface area contributed by atoms with E-state index in [2.05, 4.69) is 96.5 Å². The molecule has 1 aromatic heterocycles. The zero-order valence-corrected chi connectivity index (χ0v) is 21.3. The van der Waals surface area contributed by atoms with E-state index in [1.807, 2.05) is 18.2 Å². The van der Waals surface area contributed by atoms with Crippen molar-refractivity contribution < 1.29 is 4.79 Å². The van der Waals surface area contributed by atoms with Gasteiger partial charge in [-0.2, -0.15) is 0 Å². The van der Waals surface area contributed by atoms with Gasteiger partial charge in [-0.05, 0) is 30.9 Å². The predicted octanol–water partition coefficient (Wildman–Crippen LogP) is 7.24. The molecule has 0 saturated heterocycles. The fraction of sp³-hybridized carbons (Fsp3) is 0.267. The highest BCUT2D eigenvalue weighted by atomic mass is 32.2. The predicted molar refractivity (Wildman–Crippen MR) is 147 cm³/mol. The third kappa shape index (κ3) is 6.64. The summed E-state index contributed by atoms with van der Waals surface area (Å²) >= 11 is 1.76. The minimum Gasteiger partial charge on any atom is -0.356 e. The van der Waals surface area contributed by atoms with E-state index >= 15 is 0 Å². The first-order chi connectivity index (χ1) is 17.1. The second-order valence-electron chi connectivity index (χ2n) is 9.00. The molecular formula is C30H33N3OS. The van der Waals surface area contributed by atoms with Crippen LogP contribution in [0.3, 0.4) is 0 Å². The lowest BCUT2D eigenvalue weighted by Crippen LogP contribution is -2.26. The molecule has 0 fully saturated rings. The molecule has 0 aliphatic heterocycles. The molecule has 0 saturated carbocycles. The minimum absolute atomic E-state index is 0.146. The number of hydrogen-bond donors (Lipinski definition) is 1. The van der Waals surface area contributed by atoms with Crippen molar-refractivity contribution in [1.29, 1.82) is 0 Å². The van der Waals surface area contributed by atoms with Crippen molar-refractivity contribution in [2.24, 2.45) is 5.92 Å². The van der Waals surface area contributed by atoms with Crippen LogP contribution in [0, 0.1) is 5.92 Å². The van der Waals surface area contributed by atoms with E-state index in [9.17, 15) is 4.79 Å². The van der Waals surface area contributed by atoms with Gasteiger partial charge in [0.1, 0.15) is 0 Å². The minimum atomic E-state index is 0.146. The monoisotopic (exact) mass is 483 g/mol. The number of carbonyl (C=O) groups excluding carboxylic acids is 1. The maximum absolute atomic E-state index is 12.0. The Bertz CT molecular complexity index is 1200. The number of amides is 1. The molecule has 4 nitrogen and oxygen atoms in total. The van der Waals surface area contributed by atoms with Gasteiger partial charge in [-0.1, -0.05) is 104 Å². The first-order valence-electron chi connectivity index (χ1n) is 12.3. The second-order valence-corrected chi connectivity index (χ2v) is 10.1. The van der Waals surface area contributed by atoms with Crippen LogP contribution in [0.1, 0.15) is 33.1 Å². The summed E-state index contributed by atoms with van der Waals surface area (Å²) in [5.74, 6) is 1.53. The number of para-hydroxylation sites is 1. The summed E-state index contributed by atoms with van der Waals surface area (Å²) in [6.45, 7) is 4.96. The van der Waals surface area contributed by atoms with Crippen molar-refractivity contribution in [3.8, 4) is 28.2 Å². The van der Waals surface area contributed by atoms with Crippen molar-refractivity contribution in [3.63, 3.8) is 0 Å². The third-order valence-electron chi connectivity index (χ3n) is 5.69. The van der Waals surface area contributed by atoms with E-state index in [4.69, 9.17) is 4.98 Å². The molecule has 35 heavy (non-hydrogen) atoms. The van der Waals surface area contributed by atoms with Crippen molar-refractivity contribution in [2.75, 3.05) is 12.3 Å². The molecule has 0 aliphatic rings. The third-order valence-corrected chi connectivity index (χ3v) is 6.72. The molecule has 4 rings (SSSR count). The van der Waals surface area contributed by atoms with Crippen LogP contribution in [0.5, 0.6) is 0 Å². The van der Waals surface area contributed by atoms with Crippen molar-refractivity contribution >= 4 is 17.7 Å². The topological polar surface area (TPSA) is 46.9 Å². The molecule has 0 atom stereocenters. The van der Waals surface area contributed by atoms with Crippen molar-refractivity contribution in [1.82, 2.24) is 14.9 Å². The van der Waals surface area contributed by atoms with Gasteiger partial charge in [0.05, 0.1) is 11.4 Å². The quantitative estimate of drug-likeness (QED) is 0.181. The average molecular weight is 484 g/mol. The van der Waals surface area contributed by atoms with Gasteiger partial charge in [-0.25, -0.2) is 4.98 Å². The van der Waals surface area contributed by atoms with Crippen LogP contribution in [-0.2, 0) is 4.79 Å². The van der Waals surface area contributed by atoms with Gasteiger partial charge >= 0.3 is 0 Å². The average Bonchev–Trinajstić information content (AvgIpc) is 3.28. The molecule has 1 amide bonds. The lowest BCUT2D eigenvalue weighted by molar-refractivity contribution is -0.121. The van der Waals surface area contributed by atoms with Crippen molar-refractivity contribution in [2.45, 2.75) is 38.3 Å². The molecule has 4 aromatic rings. The Hall–Kier alpha value is -3.31. The van der Waals surface area contributed by atoms with E-state index in [0.717, 1.165) is 58.5 Å². The zero-order chi connectivity index (χ0) is 24.5. The Kier molecular flexibility index (Phi) is 8.79. The molecule has 5 heteroatoms. The van der Waals surface area contributed by atoms with Crippen LogP contribution >= 0.6 is 11.8 Å². The number of nitrogens with one attached hydrogen (secondary N) is 1. The fourth-order valence-electron chi connectivity index (χ4n) is 3.93. The summed E-state index contributed by atoms with van der Waals surface area (Å²) in [4.78, 5) is 17.2. The number of rotatable bonds is 11. The Morgan fingerprint density at radius 3 is 2.09 bits per heavy atom. The second kappa shape index (κ2) is 12.4. The Labute approximate surface area is 212 Å². The normalized spacial score (nSPS) is 11.1. The lowest BCUT2D eigenvalue weighted by Gasteiger charge is -2.13. The maximum Gasteiger partial charge on any atom is 0.220 e. The van der Waals surface area contributed by atoms with Gasteiger partial charge in [0.2, 0.25) is 5.91 Å². The highest BCUT2D eigenvalue weighted by molar-refractivity contribution is 7.99. The van der Waals surface area contributed by atoms with Gasteiger partial charge in [-0.3, -0.25) is 9.36 Å². The van der Waals surface area contributed by atoms with Crippen LogP contribution < -0.4 is 5.32 Å². The number of unbranched alkanes of at least 4 members (excludes halogenated alkanes) is 1. The highest BCUT2D eigenvalue weighted by Gasteiger charge is 2.21. The van der Waals surface area contributed by atoms with Crippen LogP contribution in [0.25, 0.3) is 28.2 Å². The van der Waals surface area contributed by atoms with E-state index in [1.54, 1.807) is 11.8 Å². The number of nitrogens with zero attached hydrogens (tertiary/aromatic N) is 2. The summed E-state index contributed by atoms with van der Waals surface area (Å²) in [5.41, 5.74) is 5.41. The highest BCUT2D eigenvalue weighted by Crippen LogP contribution is 2.38. The van der Waals surface area contributed by atoms with E-state index in [-0.39, 0.29) is 5.91 Å². The number of carbonyl (C=O) groups is 1. The Morgan fingerprint density at radius 1 is 0.857 bits per heavy atom. The van der Waals surface area contributed by atoms with Gasteiger partial charge in [0.25, 0.3) is 0 Å². The number of benzene rings is 3. The van der Waals surface area contributed by atoms with Crippen LogP contribution in [-0.4, -0.2) is 27.8 Å². The largest absolute Gasteiger partial charge is 0.356 e. The van der Waals surface area contributed by atoms with Gasteiger partial charge in [0.15, 0.2) is 5.16 Å². The smallest absolute Gasteiger partial charge is 0.220 e. The summed E-state index contributed by atoms with van der Waals surface area (Å²) < 4.78 is 2.28. The Balaban J connectivity index is 1.61. The van der Waals surface area contributed by atoms with Gasteiger partial charge in [0, 0.05) is 35.5 Å². The molecule has 1 N–H and O–H groups in total. The number of aromatic nitrogens is 2. The van der Waals surface area contributed by atoms with Crippen molar-refractivity contribution in [3.05, 3.63) is 91.0 Å². The summed E-state index contributed by atoms with van der Waals surface area (Å²) in [7, 11) is 0. The summed E-state index contributed by atoms with van der Waals surface area (Å²) in [6.07, 6.45) is 2.41. The molecule has 0 radical (unpaired) electrons. The first kappa shape index (κ1) is 24.8. The molecular weight excluding hydrogens is 450 g/mol. The summed E-state index contributed by atoms with van der Waals surface area (Å²) in [6, 6.07) is 31.3. The molecule has 1 heterocycles. The molecule has 0 bridgehead atoms. The molecule has 0 unspecified atom stereocenters. The molecule has 3 aromatic carbocycles.